The molecule has 8 heteroatoms. The van der Waals surface area contributed by atoms with Crippen molar-refractivity contribution in [3.63, 3.8) is 0 Å². The summed E-state index contributed by atoms with van der Waals surface area (Å²) in [4.78, 5) is 10.8. The van der Waals surface area contributed by atoms with Gasteiger partial charge in [-0.2, -0.15) is 0 Å². The van der Waals surface area contributed by atoms with Crippen molar-refractivity contribution in [1.82, 2.24) is 9.97 Å². The smallest absolute Gasteiger partial charge is 0.152 e. The van der Waals surface area contributed by atoms with Crippen molar-refractivity contribution in [2.24, 2.45) is 0 Å². The van der Waals surface area contributed by atoms with Crippen molar-refractivity contribution in [2.75, 3.05) is 35.3 Å². The Morgan fingerprint density at radius 1 is 1.27 bits per heavy atom. The van der Waals surface area contributed by atoms with Gasteiger partial charge in [-0.1, -0.05) is 23.7 Å². The van der Waals surface area contributed by atoms with Gasteiger partial charge in [-0.05, 0) is 37.5 Å². The highest BCUT2D eigenvalue weighted by molar-refractivity contribution is 7.91. The van der Waals surface area contributed by atoms with Crippen LogP contribution in [0.25, 0.3) is 0 Å². The second-order valence-electron chi connectivity index (χ2n) is 6.63. The maximum Gasteiger partial charge on any atom is 0.152 e. The number of rotatable bonds is 6. The number of nitrogens with one attached hydrogen (secondary N) is 1. The average molecular weight is 395 g/mol. The minimum atomic E-state index is -2.93. The van der Waals surface area contributed by atoms with Crippen LogP contribution in [-0.2, 0) is 16.3 Å². The van der Waals surface area contributed by atoms with Crippen LogP contribution in [0.1, 0.15) is 17.8 Å². The van der Waals surface area contributed by atoms with Gasteiger partial charge in [0.2, 0.25) is 0 Å². The molecule has 1 atom stereocenters. The van der Waals surface area contributed by atoms with E-state index in [2.05, 4.69) is 15.3 Å². The minimum Gasteiger partial charge on any atom is -0.370 e. The van der Waals surface area contributed by atoms with E-state index in [9.17, 15) is 8.42 Å². The molecule has 26 heavy (non-hydrogen) atoms. The highest BCUT2D eigenvalue weighted by Crippen LogP contribution is 2.23. The van der Waals surface area contributed by atoms with Crippen LogP contribution in [0.15, 0.2) is 30.3 Å². The van der Waals surface area contributed by atoms with Crippen LogP contribution in [0, 0.1) is 6.92 Å². The quantitative estimate of drug-likeness (QED) is 0.811. The molecule has 1 unspecified atom stereocenters. The first kappa shape index (κ1) is 18.9. The molecule has 1 aromatic carbocycles. The number of hydrogen-bond acceptors (Lipinski definition) is 6. The minimum absolute atomic E-state index is 0.0313. The maximum atomic E-state index is 11.7. The Hall–Kier alpha value is -1.86. The molecule has 140 valence electrons. The maximum absolute atomic E-state index is 11.7. The summed E-state index contributed by atoms with van der Waals surface area (Å²) in [5.41, 5.74) is 1.20. The van der Waals surface area contributed by atoms with E-state index in [-0.39, 0.29) is 17.5 Å². The summed E-state index contributed by atoms with van der Waals surface area (Å²) >= 11 is 5.90. The summed E-state index contributed by atoms with van der Waals surface area (Å²) in [5.74, 6) is 2.58. The number of hydrogen-bond donors (Lipinski definition) is 1. The first-order chi connectivity index (χ1) is 12.3. The molecule has 0 spiro atoms. The van der Waals surface area contributed by atoms with Crippen LogP contribution in [0.3, 0.4) is 0 Å². The van der Waals surface area contributed by atoms with Gasteiger partial charge in [0.1, 0.15) is 17.5 Å². The normalized spacial score (nSPS) is 18.7. The van der Waals surface area contributed by atoms with E-state index in [1.807, 2.05) is 49.2 Å². The Balaban J connectivity index is 1.64. The number of benzene rings is 1. The highest BCUT2D eigenvalue weighted by Gasteiger charge is 2.31. The van der Waals surface area contributed by atoms with E-state index in [0.29, 0.717) is 12.2 Å². The first-order valence-corrected chi connectivity index (χ1v) is 10.8. The van der Waals surface area contributed by atoms with E-state index in [0.717, 1.165) is 29.6 Å². The van der Waals surface area contributed by atoms with Crippen molar-refractivity contribution >= 4 is 33.1 Å². The number of sulfone groups is 1. The van der Waals surface area contributed by atoms with Crippen molar-refractivity contribution in [3.8, 4) is 0 Å². The standard InChI is InChI=1S/C18H23ClN4O2S/c1-13-21-17(20-9-7-14-3-5-15(19)6-4-14)11-18(22-13)23(2)16-8-10-26(24,25)12-16/h3-6,11,16H,7-10,12H2,1-2H3,(H,20,21,22). The molecule has 0 saturated carbocycles. The molecule has 0 radical (unpaired) electrons. The summed E-state index contributed by atoms with van der Waals surface area (Å²) in [5, 5.41) is 4.05. The monoisotopic (exact) mass is 394 g/mol. The lowest BCUT2D eigenvalue weighted by atomic mass is 10.1. The van der Waals surface area contributed by atoms with Crippen molar-refractivity contribution in [2.45, 2.75) is 25.8 Å². The SMILES string of the molecule is Cc1nc(NCCc2ccc(Cl)cc2)cc(N(C)C2CCS(=O)(=O)C2)n1. The van der Waals surface area contributed by atoms with Gasteiger partial charge in [-0.3, -0.25) is 0 Å². The Labute approximate surface area is 159 Å². The Bertz CT molecular complexity index is 871. The number of nitrogens with zero attached hydrogens (tertiary/aromatic N) is 3. The largest absolute Gasteiger partial charge is 0.370 e. The Morgan fingerprint density at radius 2 is 2.00 bits per heavy atom. The molecule has 1 aliphatic rings. The third kappa shape index (κ3) is 4.86. The molecule has 1 aromatic heterocycles. The molecule has 1 saturated heterocycles. The van der Waals surface area contributed by atoms with Crippen LogP contribution < -0.4 is 10.2 Å². The highest BCUT2D eigenvalue weighted by atomic mass is 35.5. The lowest BCUT2D eigenvalue weighted by Gasteiger charge is -2.25. The summed E-state index contributed by atoms with van der Waals surface area (Å²) in [7, 11) is -1.03. The zero-order valence-electron chi connectivity index (χ0n) is 14.9. The predicted octanol–water partition coefficient (Wildman–Crippen LogP) is 2.72. The van der Waals surface area contributed by atoms with Gasteiger partial charge in [-0.15, -0.1) is 0 Å². The number of aromatic nitrogens is 2. The fraction of sp³-hybridized carbons (Fsp3) is 0.444. The van der Waals surface area contributed by atoms with Crippen LogP contribution in [0.4, 0.5) is 11.6 Å². The Morgan fingerprint density at radius 3 is 2.65 bits per heavy atom. The van der Waals surface area contributed by atoms with Gasteiger partial charge in [0, 0.05) is 30.7 Å². The molecule has 0 aliphatic carbocycles. The fourth-order valence-corrected chi connectivity index (χ4v) is 4.98. The molecule has 6 nitrogen and oxygen atoms in total. The third-order valence-corrected chi connectivity index (χ3v) is 6.58. The van der Waals surface area contributed by atoms with Gasteiger partial charge in [0.05, 0.1) is 11.5 Å². The summed E-state index contributed by atoms with van der Waals surface area (Å²) in [6.07, 6.45) is 1.49. The molecule has 0 amide bonds. The molecular formula is C18H23ClN4O2S. The van der Waals surface area contributed by atoms with Crippen molar-refractivity contribution in [1.29, 1.82) is 0 Å². The van der Waals surface area contributed by atoms with Crippen molar-refractivity contribution in [3.05, 3.63) is 46.7 Å². The molecule has 0 bridgehead atoms. The van der Waals surface area contributed by atoms with E-state index in [1.165, 1.54) is 5.56 Å². The van der Waals surface area contributed by atoms with E-state index in [4.69, 9.17) is 11.6 Å². The van der Waals surface area contributed by atoms with E-state index in [1.54, 1.807) is 0 Å². The zero-order valence-corrected chi connectivity index (χ0v) is 16.5. The molecule has 3 rings (SSSR count). The van der Waals surface area contributed by atoms with Gasteiger partial charge in [0.15, 0.2) is 9.84 Å². The second-order valence-corrected chi connectivity index (χ2v) is 9.29. The number of halogens is 1. The van der Waals surface area contributed by atoms with Crippen molar-refractivity contribution < 1.29 is 8.42 Å². The first-order valence-electron chi connectivity index (χ1n) is 8.60. The lowest BCUT2D eigenvalue weighted by molar-refractivity contribution is 0.600. The fourth-order valence-electron chi connectivity index (χ4n) is 3.08. The lowest BCUT2D eigenvalue weighted by Crippen LogP contribution is -2.33. The Kier molecular flexibility index (Phi) is 5.67. The molecule has 1 fully saturated rings. The summed E-state index contributed by atoms with van der Waals surface area (Å²) in [6, 6.07) is 9.63. The van der Waals surface area contributed by atoms with Crippen LogP contribution in [0.5, 0.6) is 0 Å². The average Bonchev–Trinajstić information content (AvgIpc) is 2.95. The predicted molar refractivity (Wildman–Crippen MR) is 106 cm³/mol. The topological polar surface area (TPSA) is 75.2 Å². The van der Waals surface area contributed by atoms with Gasteiger partial charge in [-0.25, -0.2) is 18.4 Å². The van der Waals surface area contributed by atoms with Gasteiger partial charge >= 0.3 is 0 Å². The zero-order chi connectivity index (χ0) is 18.7. The van der Waals surface area contributed by atoms with Gasteiger partial charge in [0.25, 0.3) is 0 Å². The molecule has 1 aliphatic heterocycles. The van der Waals surface area contributed by atoms with E-state index < -0.39 is 9.84 Å². The summed E-state index contributed by atoms with van der Waals surface area (Å²) in [6.45, 7) is 2.58. The van der Waals surface area contributed by atoms with E-state index >= 15 is 0 Å². The van der Waals surface area contributed by atoms with Gasteiger partial charge < -0.3 is 10.2 Å². The molecular weight excluding hydrogens is 372 g/mol. The number of anilines is 2. The molecule has 2 heterocycles. The number of aryl methyl sites for hydroxylation is 1. The van der Waals surface area contributed by atoms with Crippen LogP contribution in [-0.4, -0.2) is 49.5 Å². The van der Waals surface area contributed by atoms with Crippen LogP contribution in [0.2, 0.25) is 5.02 Å². The second kappa shape index (κ2) is 7.80. The summed E-state index contributed by atoms with van der Waals surface area (Å²) < 4.78 is 23.5. The van der Waals surface area contributed by atoms with Crippen LogP contribution >= 0.6 is 11.6 Å². The molecule has 1 N–H and O–H groups in total. The molecule has 2 aromatic rings. The third-order valence-electron chi connectivity index (χ3n) is 4.57.